The van der Waals surface area contributed by atoms with E-state index < -0.39 is 5.82 Å². The molecule has 8 heteroatoms. The molecule has 2 aromatic carbocycles. The number of H-pyrrole nitrogens is 1. The number of hydrogen-bond acceptors (Lipinski definition) is 5. The van der Waals surface area contributed by atoms with E-state index in [1.807, 2.05) is 0 Å². The van der Waals surface area contributed by atoms with Crippen LogP contribution in [0, 0.1) is 17.6 Å². The molecule has 1 fully saturated rings. The van der Waals surface area contributed by atoms with Crippen LogP contribution in [0.4, 0.5) is 8.78 Å². The summed E-state index contributed by atoms with van der Waals surface area (Å²) >= 11 is 0. The number of carbonyl (C=O) groups is 1. The van der Waals surface area contributed by atoms with Gasteiger partial charge in [0.1, 0.15) is 29.8 Å². The summed E-state index contributed by atoms with van der Waals surface area (Å²) in [4.78, 5) is 26.3. The van der Waals surface area contributed by atoms with Gasteiger partial charge in [0.25, 0.3) is 0 Å². The zero-order valence-electron chi connectivity index (χ0n) is 15.7. The van der Waals surface area contributed by atoms with Gasteiger partial charge in [-0.05, 0) is 48.7 Å². The smallest absolute Gasteiger partial charge is 0.316 e. The minimum Gasteiger partial charge on any atom is -0.460 e. The van der Waals surface area contributed by atoms with Gasteiger partial charge in [-0.15, -0.1) is 0 Å². The number of imidazole rings is 1. The molecular weight excluding hydrogens is 390 g/mol. The van der Waals surface area contributed by atoms with E-state index in [1.165, 1.54) is 18.2 Å². The first-order valence-electron chi connectivity index (χ1n) is 9.48. The van der Waals surface area contributed by atoms with Gasteiger partial charge in [-0.2, -0.15) is 0 Å². The molecule has 2 heterocycles. The summed E-state index contributed by atoms with van der Waals surface area (Å²) in [6.07, 6.45) is 5.38. The van der Waals surface area contributed by atoms with E-state index in [1.54, 1.807) is 30.6 Å². The topological polar surface area (TPSA) is 80.8 Å². The number of carbonyl (C=O) groups excluding carboxylic acids is 1. The Labute approximate surface area is 170 Å². The SMILES string of the molecule is O=CC1CC(Oc2ncc(-c3ccc(-c4nc5ccc(F)cc5[nH]4)c(F)c3)cn2)C1. The molecule has 1 aliphatic rings. The summed E-state index contributed by atoms with van der Waals surface area (Å²) in [6.45, 7) is 0. The maximum atomic E-state index is 14.8. The minimum absolute atomic E-state index is 0.0416. The monoisotopic (exact) mass is 406 g/mol. The third kappa shape index (κ3) is 3.41. The number of halogens is 2. The summed E-state index contributed by atoms with van der Waals surface area (Å²) in [5.41, 5.74) is 2.59. The number of nitrogens with one attached hydrogen (secondary N) is 1. The molecule has 1 saturated carbocycles. The summed E-state index contributed by atoms with van der Waals surface area (Å²) in [5.74, 6) is -0.473. The van der Waals surface area contributed by atoms with E-state index in [4.69, 9.17) is 4.74 Å². The minimum atomic E-state index is -0.471. The van der Waals surface area contributed by atoms with Crippen molar-refractivity contribution in [2.75, 3.05) is 0 Å². The second kappa shape index (κ2) is 7.29. The van der Waals surface area contributed by atoms with Gasteiger partial charge < -0.3 is 14.5 Å². The maximum absolute atomic E-state index is 14.8. The third-order valence-electron chi connectivity index (χ3n) is 5.23. The van der Waals surface area contributed by atoms with Crippen molar-refractivity contribution in [3.63, 3.8) is 0 Å². The number of fused-ring (bicyclic) bond motifs is 1. The van der Waals surface area contributed by atoms with Crippen molar-refractivity contribution in [3.8, 4) is 28.5 Å². The van der Waals surface area contributed by atoms with Crippen molar-refractivity contribution in [2.45, 2.75) is 18.9 Å². The Balaban J connectivity index is 1.35. The standard InChI is InChI=1S/C22H16F2N4O2/c23-15-2-4-19-20(8-15)28-21(27-19)17-3-1-13(7-18(17)24)14-9-25-22(26-10-14)30-16-5-12(6-16)11-29/h1-4,7-12,16H,5-6H2,(H,27,28). The van der Waals surface area contributed by atoms with Gasteiger partial charge >= 0.3 is 6.01 Å². The number of benzene rings is 2. The van der Waals surface area contributed by atoms with Crippen LogP contribution in [0.1, 0.15) is 12.8 Å². The quantitative estimate of drug-likeness (QED) is 0.499. The Bertz CT molecular complexity index is 1230. The van der Waals surface area contributed by atoms with Crippen molar-refractivity contribution >= 4 is 17.3 Å². The number of hydrogen-bond donors (Lipinski definition) is 1. The summed E-state index contributed by atoms with van der Waals surface area (Å²) < 4.78 is 33.8. The Morgan fingerprint density at radius 2 is 1.83 bits per heavy atom. The van der Waals surface area contributed by atoms with E-state index in [0.717, 1.165) is 6.29 Å². The molecule has 6 nitrogen and oxygen atoms in total. The molecule has 150 valence electrons. The molecule has 0 amide bonds. The highest BCUT2D eigenvalue weighted by Gasteiger charge is 2.31. The highest BCUT2D eigenvalue weighted by Crippen LogP contribution is 2.30. The number of nitrogens with zero attached hydrogens (tertiary/aromatic N) is 3. The highest BCUT2D eigenvalue weighted by atomic mass is 19.1. The predicted molar refractivity (Wildman–Crippen MR) is 106 cm³/mol. The van der Waals surface area contributed by atoms with E-state index in [2.05, 4.69) is 19.9 Å². The lowest BCUT2D eigenvalue weighted by Gasteiger charge is -2.30. The largest absolute Gasteiger partial charge is 0.460 e. The van der Waals surface area contributed by atoms with Crippen molar-refractivity contribution in [3.05, 3.63) is 60.4 Å². The molecule has 5 rings (SSSR count). The van der Waals surface area contributed by atoms with E-state index in [-0.39, 0.29) is 29.4 Å². The first-order valence-corrected chi connectivity index (χ1v) is 9.48. The average Bonchev–Trinajstić information content (AvgIpc) is 3.13. The number of ether oxygens (including phenoxy) is 1. The number of aromatic amines is 1. The zero-order valence-corrected chi connectivity index (χ0v) is 15.7. The zero-order chi connectivity index (χ0) is 20.7. The Morgan fingerprint density at radius 3 is 2.57 bits per heavy atom. The van der Waals surface area contributed by atoms with Gasteiger partial charge in [0, 0.05) is 23.9 Å². The van der Waals surface area contributed by atoms with Gasteiger partial charge in [-0.25, -0.2) is 23.7 Å². The van der Waals surface area contributed by atoms with Crippen LogP contribution in [0.2, 0.25) is 0 Å². The van der Waals surface area contributed by atoms with Crippen LogP contribution in [0.3, 0.4) is 0 Å². The summed E-state index contributed by atoms with van der Waals surface area (Å²) in [7, 11) is 0. The van der Waals surface area contributed by atoms with Crippen LogP contribution < -0.4 is 4.74 Å². The van der Waals surface area contributed by atoms with Crippen molar-refractivity contribution in [2.24, 2.45) is 5.92 Å². The first-order chi connectivity index (χ1) is 14.6. The molecule has 1 aliphatic carbocycles. The lowest BCUT2D eigenvalue weighted by Crippen LogP contribution is -2.34. The molecule has 2 aromatic heterocycles. The van der Waals surface area contributed by atoms with Crippen LogP contribution in [0.25, 0.3) is 33.5 Å². The van der Waals surface area contributed by atoms with Gasteiger partial charge in [0.05, 0.1) is 16.6 Å². The molecule has 1 N–H and O–H groups in total. The molecule has 0 saturated heterocycles. The van der Waals surface area contributed by atoms with Gasteiger partial charge in [0.15, 0.2) is 0 Å². The van der Waals surface area contributed by atoms with E-state index in [9.17, 15) is 13.6 Å². The van der Waals surface area contributed by atoms with Gasteiger partial charge in [0.2, 0.25) is 0 Å². The number of aromatic nitrogens is 4. The van der Waals surface area contributed by atoms with Crippen molar-refractivity contribution in [1.82, 2.24) is 19.9 Å². The Hall–Kier alpha value is -3.68. The Morgan fingerprint density at radius 1 is 1.03 bits per heavy atom. The number of aldehydes is 1. The molecule has 0 atom stereocenters. The lowest BCUT2D eigenvalue weighted by molar-refractivity contribution is -0.116. The predicted octanol–water partition coefficient (Wildman–Crippen LogP) is 4.32. The lowest BCUT2D eigenvalue weighted by atomic mass is 9.84. The molecule has 0 bridgehead atoms. The van der Waals surface area contributed by atoms with Crippen molar-refractivity contribution in [1.29, 1.82) is 0 Å². The van der Waals surface area contributed by atoms with E-state index in [0.29, 0.717) is 40.8 Å². The maximum Gasteiger partial charge on any atom is 0.316 e. The molecule has 30 heavy (non-hydrogen) atoms. The normalized spacial score (nSPS) is 18.2. The third-order valence-corrected chi connectivity index (χ3v) is 5.23. The molecule has 0 aliphatic heterocycles. The fourth-order valence-electron chi connectivity index (χ4n) is 3.48. The average molecular weight is 406 g/mol. The molecule has 4 aromatic rings. The van der Waals surface area contributed by atoms with Crippen LogP contribution >= 0.6 is 0 Å². The molecule has 0 spiro atoms. The number of rotatable bonds is 5. The van der Waals surface area contributed by atoms with Crippen LogP contribution in [-0.4, -0.2) is 32.3 Å². The second-order valence-electron chi connectivity index (χ2n) is 7.30. The summed E-state index contributed by atoms with van der Waals surface area (Å²) in [6, 6.07) is 9.14. The van der Waals surface area contributed by atoms with Crippen LogP contribution in [-0.2, 0) is 4.79 Å². The molecule has 0 radical (unpaired) electrons. The highest BCUT2D eigenvalue weighted by molar-refractivity contribution is 5.80. The van der Waals surface area contributed by atoms with Gasteiger partial charge in [-0.3, -0.25) is 0 Å². The first kappa shape index (κ1) is 18.4. The van der Waals surface area contributed by atoms with Crippen LogP contribution in [0.5, 0.6) is 6.01 Å². The molecular formula is C22H16F2N4O2. The van der Waals surface area contributed by atoms with Gasteiger partial charge in [-0.1, -0.05) is 6.07 Å². The van der Waals surface area contributed by atoms with Crippen LogP contribution in [0.15, 0.2) is 48.8 Å². The second-order valence-corrected chi connectivity index (χ2v) is 7.30. The fourth-order valence-corrected chi connectivity index (χ4v) is 3.48. The fraction of sp³-hybridized carbons (Fsp3) is 0.182. The molecule has 0 unspecified atom stereocenters. The van der Waals surface area contributed by atoms with E-state index >= 15 is 0 Å². The Kier molecular flexibility index (Phi) is 4.46. The summed E-state index contributed by atoms with van der Waals surface area (Å²) in [5, 5.41) is 0. The van der Waals surface area contributed by atoms with Crippen molar-refractivity contribution < 1.29 is 18.3 Å².